The molecule has 0 saturated heterocycles. The van der Waals surface area contributed by atoms with E-state index in [1.165, 1.54) is 12.5 Å². The maximum absolute atomic E-state index is 12.2. The molecule has 8 heteroatoms. The predicted octanol–water partition coefficient (Wildman–Crippen LogP) is 1.67. The molecule has 2 aromatic rings. The van der Waals surface area contributed by atoms with Gasteiger partial charge in [0.15, 0.2) is 5.03 Å². The fourth-order valence-electron chi connectivity index (χ4n) is 1.68. The first kappa shape index (κ1) is 14.4. The normalized spacial score (nSPS) is 11.8. The van der Waals surface area contributed by atoms with Crippen LogP contribution >= 0.6 is 0 Å². The highest BCUT2D eigenvalue weighted by molar-refractivity contribution is 7.92. The summed E-state index contributed by atoms with van der Waals surface area (Å²) < 4.78 is 28.4. The van der Waals surface area contributed by atoms with E-state index in [0.29, 0.717) is 11.4 Å². The SMILES string of the molecule is Cc1cc(C)nc(NS(=O)(=O)c2cn(C(C)C)cn2)n1. The van der Waals surface area contributed by atoms with Gasteiger partial charge < -0.3 is 4.57 Å². The van der Waals surface area contributed by atoms with Gasteiger partial charge in [0.2, 0.25) is 5.95 Å². The van der Waals surface area contributed by atoms with Crippen LogP contribution in [-0.2, 0) is 10.0 Å². The number of anilines is 1. The molecule has 1 N–H and O–H groups in total. The minimum absolute atomic E-state index is 0.0473. The van der Waals surface area contributed by atoms with Crippen LogP contribution in [0, 0.1) is 13.8 Å². The highest BCUT2D eigenvalue weighted by atomic mass is 32.2. The van der Waals surface area contributed by atoms with Crippen LogP contribution in [0.3, 0.4) is 0 Å². The number of sulfonamides is 1. The van der Waals surface area contributed by atoms with Gasteiger partial charge in [-0.15, -0.1) is 0 Å². The first-order chi connectivity index (χ1) is 9.28. The van der Waals surface area contributed by atoms with Gasteiger partial charge in [-0.2, -0.15) is 8.42 Å². The predicted molar refractivity (Wildman–Crippen MR) is 74.9 cm³/mol. The minimum Gasteiger partial charge on any atom is -0.334 e. The molecule has 0 aliphatic rings. The number of nitrogens with one attached hydrogen (secondary N) is 1. The second-order valence-corrected chi connectivity index (χ2v) is 6.46. The molecule has 0 radical (unpaired) electrons. The Hall–Kier alpha value is -1.96. The smallest absolute Gasteiger partial charge is 0.283 e. The van der Waals surface area contributed by atoms with E-state index < -0.39 is 10.0 Å². The highest BCUT2D eigenvalue weighted by Crippen LogP contribution is 2.14. The lowest BCUT2D eigenvalue weighted by molar-refractivity contribution is 0.591. The molecule has 2 rings (SSSR count). The Bertz CT molecular complexity index is 701. The Morgan fingerprint density at radius 1 is 1.20 bits per heavy atom. The van der Waals surface area contributed by atoms with Gasteiger partial charge in [-0.25, -0.2) is 19.7 Å². The van der Waals surface area contributed by atoms with Crippen LogP contribution in [0.15, 0.2) is 23.6 Å². The molecule has 0 amide bonds. The second kappa shape index (κ2) is 5.20. The van der Waals surface area contributed by atoms with Gasteiger partial charge in [0.05, 0.1) is 6.33 Å². The summed E-state index contributed by atoms with van der Waals surface area (Å²) in [4.78, 5) is 12.0. The van der Waals surface area contributed by atoms with Crippen LogP contribution < -0.4 is 4.72 Å². The molecular weight excluding hydrogens is 278 g/mol. The Morgan fingerprint density at radius 2 is 1.80 bits per heavy atom. The van der Waals surface area contributed by atoms with Crippen LogP contribution in [0.4, 0.5) is 5.95 Å². The summed E-state index contributed by atoms with van der Waals surface area (Å²) in [6, 6.07) is 1.91. The summed E-state index contributed by atoms with van der Waals surface area (Å²) in [5, 5.41) is -0.0473. The number of aryl methyl sites for hydroxylation is 2. The molecule has 0 fully saturated rings. The Morgan fingerprint density at radius 3 is 2.30 bits per heavy atom. The molecule has 0 aromatic carbocycles. The first-order valence-corrected chi connectivity index (χ1v) is 7.65. The van der Waals surface area contributed by atoms with E-state index in [1.807, 2.05) is 13.8 Å². The zero-order valence-electron chi connectivity index (χ0n) is 11.8. The fraction of sp³-hybridized carbons (Fsp3) is 0.417. The zero-order valence-corrected chi connectivity index (χ0v) is 12.6. The van der Waals surface area contributed by atoms with Crippen molar-refractivity contribution in [2.75, 3.05) is 4.72 Å². The molecule has 0 atom stereocenters. The van der Waals surface area contributed by atoms with Gasteiger partial charge in [-0.05, 0) is 33.8 Å². The van der Waals surface area contributed by atoms with Crippen LogP contribution in [0.1, 0.15) is 31.3 Å². The monoisotopic (exact) mass is 295 g/mol. The van der Waals surface area contributed by atoms with Crippen molar-refractivity contribution in [1.29, 1.82) is 0 Å². The Labute approximate surface area is 118 Å². The quantitative estimate of drug-likeness (QED) is 0.926. The largest absolute Gasteiger partial charge is 0.334 e. The summed E-state index contributed by atoms with van der Waals surface area (Å²) >= 11 is 0. The lowest BCUT2D eigenvalue weighted by atomic mass is 10.4. The van der Waals surface area contributed by atoms with E-state index >= 15 is 0 Å². The van der Waals surface area contributed by atoms with E-state index in [4.69, 9.17) is 0 Å². The number of imidazole rings is 1. The van der Waals surface area contributed by atoms with E-state index in [2.05, 4.69) is 19.7 Å². The minimum atomic E-state index is -3.77. The molecule has 0 bridgehead atoms. The van der Waals surface area contributed by atoms with Gasteiger partial charge in [-0.3, -0.25) is 0 Å². The van der Waals surface area contributed by atoms with Crippen molar-refractivity contribution in [3.63, 3.8) is 0 Å². The van der Waals surface area contributed by atoms with E-state index in [9.17, 15) is 8.42 Å². The van der Waals surface area contributed by atoms with Crippen molar-refractivity contribution in [3.8, 4) is 0 Å². The average molecular weight is 295 g/mol. The first-order valence-electron chi connectivity index (χ1n) is 6.16. The highest BCUT2D eigenvalue weighted by Gasteiger charge is 2.19. The van der Waals surface area contributed by atoms with Crippen LogP contribution in [-0.4, -0.2) is 27.9 Å². The second-order valence-electron chi connectivity index (χ2n) is 4.83. The maximum atomic E-state index is 12.2. The summed E-state index contributed by atoms with van der Waals surface area (Å²) in [7, 11) is -3.77. The van der Waals surface area contributed by atoms with Gasteiger partial charge >= 0.3 is 0 Å². The van der Waals surface area contributed by atoms with E-state index in [0.717, 1.165) is 0 Å². The van der Waals surface area contributed by atoms with Crippen molar-refractivity contribution in [2.24, 2.45) is 0 Å². The molecule has 0 saturated carbocycles. The summed E-state index contributed by atoms with van der Waals surface area (Å²) in [5.74, 6) is 0.0570. The fourth-order valence-corrected chi connectivity index (χ4v) is 2.57. The van der Waals surface area contributed by atoms with Crippen molar-refractivity contribution in [3.05, 3.63) is 30.0 Å². The lowest BCUT2D eigenvalue weighted by Gasteiger charge is -2.06. The van der Waals surface area contributed by atoms with Gasteiger partial charge in [-0.1, -0.05) is 0 Å². The maximum Gasteiger partial charge on any atom is 0.283 e. The van der Waals surface area contributed by atoms with Gasteiger partial charge in [0.1, 0.15) is 0 Å². The van der Waals surface area contributed by atoms with Gasteiger partial charge in [0.25, 0.3) is 10.0 Å². The number of hydrogen-bond acceptors (Lipinski definition) is 5. The van der Waals surface area contributed by atoms with Crippen LogP contribution in [0.5, 0.6) is 0 Å². The standard InChI is InChI=1S/C12H17N5O2S/c1-8(2)17-6-11(13-7-17)20(18,19)16-12-14-9(3)5-10(4)15-12/h5-8H,1-4H3,(H,14,15,16). The lowest BCUT2D eigenvalue weighted by Crippen LogP contribution is -2.16. The summed E-state index contributed by atoms with van der Waals surface area (Å²) in [6.07, 6.45) is 2.97. The average Bonchev–Trinajstić information content (AvgIpc) is 2.76. The van der Waals surface area contributed by atoms with Crippen LogP contribution in [0.25, 0.3) is 0 Å². The third-order valence-corrected chi connectivity index (χ3v) is 3.87. The molecule has 2 heterocycles. The third kappa shape index (κ3) is 3.13. The third-order valence-electron chi connectivity index (χ3n) is 2.66. The molecule has 0 aliphatic carbocycles. The summed E-state index contributed by atoms with van der Waals surface area (Å²) in [5.41, 5.74) is 1.39. The molecule has 108 valence electrons. The number of hydrogen-bond donors (Lipinski definition) is 1. The molecular formula is C12H17N5O2S. The number of nitrogens with zero attached hydrogens (tertiary/aromatic N) is 4. The van der Waals surface area contributed by atoms with Crippen molar-refractivity contribution in [2.45, 2.75) is 38.8 Å². The topological polar surface area (TPSA) is 89.8 Å². The molecule has 20 heavy (non-hydrogen) atoms. The van der Waals surface area contributed by atoms with E-state index in [1.54, 1.807) is 24.5 Å². The number of aromatic nitrogens is 4. The molecule has 2 aromatic heterocycles. The molecule has 0 unspecified atom stereocenters. The molecule has 0 aliphatic heterocycles. The van der Waals surface area contributed by atoms with Crippen molar-refractivity contribution in [1.82, 2.24) is 19.5 Å². The molecule has 0 spiro atoms. The Kier molecular flexibility index (Phi) is 3.76. The molecule has 7 nitrogen and oxygen atoms in total. The Balaban J connectivity index is 2.30. The van der Waals surface area contributed by atoms with Gasteiger partial charge in [0, 0.05) is 23.6 Å². The number of rotatable bonds is 4. The van der Waals surface area contributed by atoms with Crippen LogP contribution in [0.2, 0.25) is 0 Å². The van der Waals surface area contributed by atoms with Crippen molar-refractivity contribution < 1.29 is 8.42 Å². The zero-order chi connectivity index (χ0) is 14.9. The van der Waals surface area contributed by atoms with Crippen molar-refractivity contribution >= 4 is 16.0 Å². The summed E-state index contributed by atoms with van der Waals surface area (Å²) in [6.45, 7) is 7.44. The van der Waals surface area contributed by atoms with E-state index in [-0.39, 0.29) is 17.0 Å².